The van der Waals surface area contributed by atoms with Crippen LogP contribution in [0.3, 0.4) is 0 Å². The van der Waals surface area contributed by atoms with Crippen molar-refractivity contribution in [3.8, 4) is 22.3 Å². The van der Waals surface area contributed by atoms with Crippen molar-refractivity contribution in [2.45, 2.75) is 39.5 Å². The van der Waals surface area contributed by atoms with E-state index in [9.17, 15) is 0 Å². The van der Waals surface area contributed by atoms with Gasteiger partial charge in [-0.25, -0.2) is 0 Å². The Labute approximate surface area is 146 Å². The molecule has 0 aliphatic heterocycles. The highest BCUT2D eigenvalue weighted by atomic mass is 14.2. The van der Waals surface area contributed by atoms with E-state index in [1.807, 2.05) is 0 Å². The van der Waals surface area contributed by atoms with Gasteiger partial charge in [0.05, 0.1) is 0 Å². The molecule has 0 amide bonds. The summed E-state index contributed by atoms with van der Waals surface area (Å²) in [6, 6.07) is 26.3. The van der Waals surface area contributed by atoms with Crippen LogP contribution in [0.25, 0.3) is 22.3 Å². The van der Waals surface area contributed by atoms with E-state index >= 15 is 0 Å². The fourth-order valence-electron chi connectivity index (χ4n) is 3.35. The van der Waals surface area contributed by atoms with Crippen molar-refractivity contribution in [1.82, 2.24) is 0 Å². The minimum absolute atomic E-state index is 0.523. The van der Waals surface area contributed by atoms with E-state index in [4.69, 9.17) is 0 Å². The van der Waals surface area contributed by atoms with Gasteiger partial charge in [-0.2, -0.15) is 0 Å². The minimum Gasteiger partial charge on any atom is -0.0622 e. The molecular weight excluding hydrogens is 288 g/mol. The highest BCUT2D eigenvalue weighted by molar-refractivity contribution is 5.84. The molecule has 0 bridgehead atoms. The van der Waals surface area contributed by atoms with Crippen molar-refractivity contribution in [1.29, 1.82) is 0 Å². The first-order valence-electron chi connectivity index (χ1n) is 8.86. The van der Waals surface area contributed by atoms with Crippen LogP contribution in [0, 0.1) is 0 Å². The van der Waals surface area contributed by atoms with Gasteiger partial charge in [-0.1, -0.05) is 88.4 Å². The number of hydrogen-bond donors (Lipinski definition) is 0. The fourth-order valence-corrected chi connectivity index (χ4v) is 3.35. The Balaban J connectivity index is 2.31. The van der Waals surface area contributed by atoms with Gasteiger partial charge in [-0.05, 0) is 57.3 Å². The summed E-state index contributed by atoms with van der Waals surface area (Å²) in [5.41, 5.74) is 8.15. The van der Waals surface area contributed by atoms with E-state index in [1.165, 1.54) is 33.4 Å². The van der Waals surface area contributed by atoms with Crippen molar-refractivity contribution in [3.63, 3.8) is 0 Å². The summed E-state index contributed by atoms with van der Waals surface area (Å²) in [5.74, 6) is 1.05. The quantitative estimate of drug-likeness (QED) is 0.475. The van der Waals surface area contributed by atoms with Crippen LogP contribution in [0.1, 0.15) is 50.7 Å². The fraction of sp³-hybridized carbons (Fsp3) is 0.250. The lowest BCUT2D eigenvalue weighted by Crippen LogP contribution is -2.01. The standard InChI is InChI=1S/C24H26/c1-17(2)21-15-23(19-11-7-5-8-12-19)24(16-22(21)18(3)4)20-13-9-6-10-14-20/h5-18H,1-4H3. The van der Waals surface area contributed by atoms with E-state index in [-0.39, 0.29) is 0 Å². The summed E-state index contributed by atoms with van der Waals surface area (Å²) < 4.78 is 0. The van der Waals surface area contributed by atoms with Gasteiger partial charge in [0.2, 0.25) is 0 Å². The topological polar surface area (TPSA) is 0 Å². The molecule has 0 heterocycles. The molecule has 0 nitrogen and oxygen atoms in total. The lowest BCUT2D eigenvalue weighted by Gasteiger charge is -2.21. The minimum atomic E-state index is 0.523. The molecule has 0 saturated heterocycles. The highest BCUT2D eigenvalue weighted by Gasteiger charge is 2.16. The van der Waals surface area contributed by atoms with Crippen molar-refractivity contribution < 1.29 is 0 Å². The SMILES string of the molecule is CC(C)c1cc(-c2ccccc2)c(-c2ccccc2)cc1C(C)C. The Morgan fingerprint density at radius 2 is 0.833 bits per heavy atom. The average molecular weight is 314 g/mol. The van der Waals surface area contributed by atoms with Crippen LogP contribution in [0.15, 0.2) is 72.8 Å². The van der Waals surface area contributed by atoms with Gasteiger partial charge in [0.1, 0.15) is 0 Å². The summed E-state index contributed by atoms with van der Waals surface area (Å²) in [6.45, 7) is 9.16. The Hall–Kier alpha value is -2.34. The molecule has 24 heavy (non-hydrogen) atoms. The second kappa shape index (κ2) is 7.05. The van der Waals surface area contributed by atoms with Gasteiger partial charge >= 0.3 is 0 Å². The Bertz CT molecular complexity index is 726. The van der Waals surface area contributed by atoms with Gasteiger partial charge < -0.3 is 0 Å². The van der Waals surface area contributed by atoms with Crippen molar-refractivity contribution >= 4 is 0 Å². The monoisotopic (exact) mass is 314 g/mol. The van der Waals surface area contributed by atoms with Crippen molar-refractivity contribution in [3.05, 3.63) is 83.9 Å². The van der Waals surface area contributed by atoms with Crippen LogP contribution < -0.4 is 0 Å². The van der Waals surface area contributed by atoms with Crippen molar-refractivity contribution in [2.75, 3.05) is 0 Å². The van der Waals surface area contributed by atoms with Crippen LogP contribution in [0.4, 0.5) is 0 Å². The molecule has 0 spiro atoms. The van der Waals surface area contributed by atoms with Crippen LogP contribution in [0.2, 0.25) is 0 Å². The third-order valence-corrected chi connectivity index (χ3v) is 4.64. The molecule has 3 rings (SSSR count). The van der Waals surface area contributed by atoms with Gasteiger partial charge in [0, 0.05) is 0 Å². The molecule has 0 N–H and O–H groups in total. The molecule has 0 fully saturated rings. The molecule has 122 valence electrons. The maximum atomic E-state index is 2.41. The molecule has 3 aromatic rings. The summed E-state index contributed by atoms with van der Waals surface area (Å²) in [4.78, 5) is 0. The summed E-state index contributed by atoms with van der Waals surface area (Å²) in [7, 11) is 0. The summed E-state index contributed by atoms with van der Waals surface area (Å²) in [5, 5.41) is 0. The lowest BCUT2D eigenvalue weighted by atomic mass is 9.83. The van der Waals surface area contributed by atoms with E-state index in [2.05, 4.69) is 100 Å². The third-order valence-electron chi connectivity index (χ3n) is 4.64. The predicted molar refractivity (Wildman–Crippen MR) is 105 cm³/mol. The highest BCUT2D eigenvalue weighted by Crippen LogP contribution is 2.38. The smallest absolute Gasteiger partial charge is 0.0102 e. The van der Waals surface area contributed by atoms with Crippen molar-refractivity contribution in [2.24, 2.45) is 0 Å². The predicted octanol–water partition coefficient (Wildman–Crippen LogP) is 7.27. The van der Waals surface area contributed by atoms with E-state index in [1.54, 1.807) is 0 Å². The number of hydrogen-bond acceptors (Lipinski definition) is 0. The van der Waals surface area contributed by atoms with Gasteiger partial charge in [0.15, 0.2) is 0 Å². The lowest BCUT2D eigenvalue weighted by molar-refractivity contribution is 0.791. The molecule has 0 heteroatoms. The van der Waals surface area contributed by atoms with Gasteiger partial charge in [-0.3, -0.25) is 0 Å². The van der Waals surface area contributed by atoms with E-state index in [0.29, 0.717) is 11.8 Å². The molecule has 0 aromatic heterocycles. The number of rotatable bonds is 4. The zero-order valence-corrected chi connectivity index (χ0v) is 15.1. The van der Waals surface area contributed by atoms with E-state index < -0.39 is 0 Å². The molecule has 0 aliphatic rings. The summed E-state index contributed by atoms with van der Waals surface area (Å²) in [6.07, 6.45) is 0. The van der Waals surface area contributed by atoms with Gasteiger partial charge in [-0.15, -0.1) is 0 Å². The zero-order chi connectivity index (χ0) is 17.1. The van der Waals surface area contributed by atoms with Gasteiger partial charge in [0.25, 0.3) is 0 Å². The Kier molecular flexibility index (Phi) is 4.85. The summed E-state index contributed by atoms with van der Waals surface area (Å²) >= 11 is 0. The molecule has 0 saturated carbocycles. The molecule has 0 aliphatic carbocycles. The first-order valence-corrected chi connectivity index (χ1v) is 8.86. The van der Waals surface area contributed by atoms with Crippen LogP contribution >= 0.6 is 0 Å². The largest absolute Gasteiger partial charge is 0.0622 e. The van der Waals surface area contributed by atoms with Crippen LogP contribution in [0.5, 0.6) is 0 Å². The molecular formula is C24H26. The normalized spacial score (nSPS) is 11.2. The van der Waals surface area contributed by atoms with Crippen LogP contribution in [-0.4, -0.2) is 0 Å². The molecule has 3 aromatic carbocycles. The Morgan fingerprint density at radius 3 is 1.12 bits per heavy atom. The second-order valence-electron chi connectivity index (χ2n) is 7.07. The zero-order valence-electron chi connectivity index (χ0n) is 15.1. The van der Waals surface area contributed by atoms with E-state index in [0.717, 1.165) is 0 Å². The molecule has 0 unspecified atom stereocenters. The third kappa shape index (κ3) is 3.28. The average Bonchev–Trinajstić information content (AvgIpc) is 2.62. The first kappa shape index (κ1) is 16.5. The number of benzene rings is 3. The van der Waals surface area contributed by atoms with Crippen LogP contribution in [-0.2, 0) is 0 Å². The Morgan fingerprint density at radius 1 is 0.500 bits per heavy atom. The molecule has 0 atom stereocenters. The maximum Gasteiger partial charge on any atom is -0.0102 e. The first-order chi connectivity index (χ1) is 11.6. The maximum absolute atomic E-state index is 2.41. The molecule has 0 radical (unpaired) electrons. The second-order valence-corrected chi connectivity index (χ2v) is 7.07.